The second kappa shape index (κ2) is 5.71. The van der Waals surface area contributed by atoms with Crippen molar-refractivity contribution in [2.45, 2.75) is 33.3 Å². The standard InChI is InChI=1S/C8H14O4/c1-6(2)11-5-4-8(10)12-7(3)9/h6H,4-5H2,1-3H3. The molecule has 12 heavy (non-hydrogen) atoms. The highest BCUT2D eigenvalue weighted by molar-refractivity contribution is 5.84. The first-order valence-electron chi connectivity index (χ1n) is 3.85. The fourth-order valence-corrected chi connectivity index (χ4v) is 0.589. The van der Waals surface area contributed by atoms with Crippen LogP contribution in [0.3, 0.4) is 0 Å². The predicted molar refractivity (Wildman–Crippen MR) is 42.5 cm³/mol. The molecule has 0 saturated carbocycles. The molecule has 4 heteroatoms. The number of ether oxygens (including phenoxy) is 2. The van der Waals surface area contributed by atoms with Crippen molar-refractivity contribution in [3.05, 3.63) is 0 Å². The molecule has 0 fully saturated rings. The van der Waals surface area contributed by atoms with Crippen LogP contribution in [0.2, 0.25) is 0 Å². The highest BCUT2D eigenvalue weighted by atomic mass is 16.6. The summed E-state index contributed by atoms with van der Waals surface area (Å²) in [4.78, 5) is 21.0. The SMILES string of the molecule is CC(=O)OC(=O)CCOC(C)C. The van der Waals surface area contributed by atoms with E-state index >= 15 is 0 Å². The van der Waals surface area contributed by atoms with Gasteiger partial charge in [0.15, 0.2) is 0 Å². The van der Waals surface area contributed by atoms with Crippen LogP contribution in [0.15, 0.2) is 0 Å². The van der Waals surface area contributed by atoms with Crippen LogP contribution in [-0.2, 0) is 19.1 Å². The second-order valence-electron chi connectivity index (χ2n) is 2.64. The van der Waals surface area contributed by atoms with Crippen LogP contribution in [0.4, 0.5) is 0 Å². The third-order valence-corrected chi connectivity index (χ3v) is 1.01. The summed E-state index contributed by atoms with van der Waals surface area (Å²) in [5, 5.41) is 0. The van der Waals surface area contributed by atoms with E-state index in [0.717, 1.165) is 0 Å². The summed E-state index contributed by atoms with van der Waals surface area (Å²) in [5.41, 5.74) is 0. The zero-order valence-electron chi connectivity index (χ0n) is 7.62. The molecule has 0 aliphatic rings. The number of carbonyl (C=O) groups is 2. The molecule has 0 aliphatic carbocycles. The van der Waals surface area contributed by atoms with Crippen LogP contribution < -0.4 is 0 Å². The van der Waals surface area contributed by atoms with Crippen molar-refractivity contribution in [3.63, 3.8) is 0 Å². The van der Waals surface area contributed by atoms with Crippen molar-refractivity contribution in [3.8, 4) is 0 Å². The lowest BCUT2D eigenvalue weighted by Crippen LogP contribution is -2.13. The number of rotatable bonds is 4. The third kappa shape index (κ3) is 7.21. The summed E-state index contributed by atoms with van der Waals surface area (Å²) in [6, 6.07) is 0. The first-order valence-corrected chi connectivity index (χ1v) is 3.85. The molecular formula is C8H14O4. The van der Waals surface area contributed by atoms with Gasteiger partial charge in [0.25, 0.3) is 0 Å². The molecule has 4 nitrogen and oxygen atoms in total. The maximum atomic E-state index is 10.7. The fraction of sp³-hybridized carbons (Fsp3) is 0.750. The van der Waals surface area contributed by atoms with Gasteiger partial charge in [-0.1, -0.05) is 0 Å². The van der Waals surface area contributed by atoms with E-state index in [-0.39, 0.29) is 12.5 Å². The van der Waals surface area contributed by atoms with Crippen molar-refractivity contribution in [2.24, 2.45) is 0 Å². The third-order valence-electron chi connectivity index (χ3n) is 1.01. The molecular weight excluding hydrogens is 160 g/mol. The van der Waals surface area contributed by atoms with Crippen LogP contribution in [0.25, 0.3) is 0 Å². The molecule has 70 valence electrons. The molecule has 0 radical (unpaired) electrons. The van der Waals surface area contributed by atoms with Crippen LogP contribution in [-0.4, -0.2) is 24.6 Å². The summed E-state index contributed by atoms with van der Waals surface area (Å²) < 4.78 is 9.36. The number of hydrogen-bond donors (Lipinski definition) is 0. The monoisotopic (exact) mass is 174 g/mol. The quantitative estimate of drug-likeness (QED) is 0.469. The lowest BCUT2D eigenvalue weighted by molar-refractivity contribution is -0.158. The van der Waals surface area contributed by atoms with Gasteiger partial charge in [-0.15, -0.1) is 0 Å². The minimum atomic E-state index is -0.579. The van der Waals surface area contributed by atoms with Crippen molar-refractivity contribution < 1.29 is 19.1 Å². The summed E-state index contributed by atoms with van der Waals surface area (Å²) in [7, 11) is 0. The Morgan fingerprint density at radius 3 is 2.33 bits per heavy atom. The minimum absolute atomic E-state index is 0.0927. The average Bonchev–Trinajstić information content (AvgIpc) is 1.84. The Morgan fingerprint density at radius 2 is 1.92 bits per heavy atom. The number of esters is 2. The average molecular weight is 174 g/mol. The Morgan fingerprint density at radius 1 is 1.33 bits per heavy atom. The lowest BCUT2D eigenvalue weighted by atomic mass is 10.4. The smallest absolute Gasteiger partial charge is 0.315 e. The van der Waals surface area contributed by atoms with Crippen molar-refractivity contribution in [1.29, 1.82) is 0 Å². The van der Waals surface area contributed by atoms with E-state index in [1.54, 1.807) is 0 Å². The van der Waals surface area contributed by atoms with Gasteiger partial charge in [-0.2, -0.15) is 0 Å². The molecule has 0 unspecified atom stereocenters. The van der Waals surface area contributed by atoms with Gasteiger partial charge in [-0.3, -0.25) is 9.59 Å². The molecule has 0 atom stereocenters. The predicted octanol–water partition coefficient (Wildman–Crippen LogP) is 0.891. The summed E-state index contributed by atoms with van der Waals surface area (Å²) in [6.45, 7) is 5.23. The number of carbonyl (C=O) groups excluding carboxylic acids is 2. The van der Waals surface area contributed by atoms with E-state index in [0.29, 0.717) is 6.61 Å². The van der Waals surface area contributed by atoms with E-state index in [1.165, 1.54) is 6.92 Å². The lowest BCUT2D eigenvalue weighted by Gasteiger charge is -2.05. The molecule has 0 amide bonds. The molecule has 0 heterocycles. The highest BCUT2D eigenvalue weighted by Crippen LogP contribution is 1.92. The Kier molecular flexibility index (Phi) is 5.28. The Labute approximate surface area is 71.8 Å². The topological polar surface area (TPSA) is 52.6 Å². The fourth-order valence-electron chi connectivity index (χ4n) is 0.589. The first kappa shape index (κ1) is 11.1. The summed E-state index contributed by atoms with van der Waals surface area (Å²) >= 11 is 0. The normalized spacial score (nSPS) is 10.0. The molecule has 0 aromatic rings. The zero-order chi connectivity index (χ0) is 9.56. The molecule has 0 aromatic carbocycles. The first-order chi connectivity index (χ1) is 5.52. The van der Waals surface area contributed by atoms with E-state index in [9.17, 15) is 9.59 Å². The van der Waals surface area contributed by atoms with Crippen LogP contribution in [0.5, 0.6) is 0 Å². The van der Waals surface area contributed by atoms with Crippen LogP contribution in [0, 0.1) is 0 Å². The minimum Gasteiger partial charge on any atom is -0.393 e. The van der Waals surface area contributed by atoms with Gasteiger partial charge < -0.3 is 9.47 Å². The van der Waals surface area contributed by atoms with E-state index in [2.05, 4.69) is 4.74 Å². The van der Waals surface area contributed by atoms with Crippen LogP contribution >= 0.6 is 0 Å². The van der Waals surface area contributed by atoms with E-state index in [1.807, 2.05) is 13.8 Å². The largest absolute Gasteiger partial charge is 0.393 e. The molecule has 0 rings (SSSR count). The molecule has 0 N–H and O–H groups in total. The maximum absolute atomic E-state index is 10.7. The summed E-state index contributed by atoms with van der Waals surface area (Å²) in [6.07, 6.45) is 0.215. The van der Waals surface area contributed by atoms with Crippen LogP contribution in [0.1, 0.15) is 27.2 Å². The zero-order valence-corrected chi connectivity index (χ0v) is 7.62. The van der Waals surface area contributed by atoms with Gasteiger partial charge >= 0.3 is 11.9 Å². The highest BCUT2D eigenvalue weighted by Gasteiger charge is 2.05. The van der Waals surface area contributed by atoms with Gasteiger partial charge in [0.2, 0.25) is 0 Å². The molecule has 0 bridgehead atoms. The van der Waals surface area contributed by atoms with Crippen molar-refractivity contribution in [1.82, 2.24) is 0 Å². The Hall–Kier alpha value is -0.900. The Balaban J connectivity index is 3.38. The van der Waals surface area contributed by atoms with Crippen molar-refractivity contribution in [2.75, 3.05) is 6.61 Å². The maximum Gasteiger partial charge on any atom is 0.315 e. The molecule has 0 aromatic heterocycles. The molecule has 0 spiro atoms. The van der Waals surface area contributed by atoms with Gasteiger partial charge in [-0.25, -0.2) is 0 Å². The van der Waals surface area contributed by atoms with Crippen molar-refractivity contribution >= 4 is 11.9 Å². The Bertz CT molecular complexity index is 162. The van der Waals surface area contributed by atoms with E-state index < -0.39 is 11.9 Å². The van der Waals surface area contributed by atoms with Gasteiger partial charge in [0, 0.05) is 6.92 Å². The van der Waals surface area contributed by atoms with E-state index in [4.69, 9.17) is 4.74 Å². The van der Waals surface area contributed by atoms with Gasteiger partial charge in [0.05, 0.1) is 19.1 Å². The van der Waals surface area contributed by atoms with Gasteiger partial charge in [0.1, 0.15) is 0 Å². The van der Waals surface area contributed by atoms with Gasteiger partial charge in [-0.05, 0) is 13.8 Å². The number of hydrogen-bond acceptors (Lipinski definition) is 4. The molecule has 0 aliphatic heterocycles. The molecule has 0 saturated heterocycles. The second-order valence-corrected chi connectivity index (χ2v) is 2.64. The summed E-state index contributed by atoms with van der Waals surface area (Å²) in [5.74, 6) is -1.12.